The molecule has 0 atom stereocenters. The molecule has 0 bridgehead atoms. The number of carbonyl (C=O) groups excluding carboxylic acids is 2. The molecule has 0 aliphatic heterocycles. The Morgan fingerprint density at radius 3 is 2.42 bits per heavy atom. The van der Waals surface area contributed by atoms with Gasteiger partial charge in [0.05, 0.1) is 13.1 Å². The molecule has 0 saturated carbocycles. The van der Waals surface area contributed by atoms with Crippen molar-refractivity contribution in [3.05, 3.63) is 58.9 Å². The van der Waals surface area contributed by atoms with Crippen LogP contribution in [0.25, 0.3) is 0 Å². The van der Waals surface area contributed by atoms with Gasteiger partial charge in [0.15, 0.2) is 0 Å². The summed E-state index contributed by atoms with van der Waals surface area (Å²) in [4.78, 5) is 26.0. The van der Waals surface area contributed by atoms with E-state index in [1.54, 1.807) is 23.1 Å². The molecule has 2 amide bonds. The van der Waals surface area contributed by atoms with Crippen LogP contribution in [0.4, 0.5) is 15.8 Å². The summed E-state index contributed by atoms with van der Waals surface area (Å²) in [5.74, 6) is -0.980. The number of likely N-dealkylation sites (N-methyl/N-ethyl adjacent to an activating group) is 1. The Balaban J connectivity index is 1.90. The topological polar surface area (TPSA) is 61.4 Å². The molecule has 2 aromatic carbocycles. The lowest BCUT2D eigenvalue weighted by atomic mass is 10.2. The lowest BCUT2D eigenvalue weighted by Crippen LogP contribution is -2.38. The smallest absolute Gasteiger partial charge is 0.238 e. The molecule has 0 heterocycles. The summed E-state index contributed by atoms with van der Waals surface area (Å²) in [5.41, 5.74) is 1.92. The van der Waals surface area contributed by atoms with Gasteiger partial charge in [-0.15, -0.1) is 0 Å². The molecule has 7 heteroatoms. The standard InChI is InChI=1S/C19H21ClFN3O2/c1-3-24(11-18(25)22-16-6-4-5-15(21)10-16)12-19(26)23-17-9-14(20)8-7-13(17)2/h4-10H,3,11-12H2,1-2H3,(H,22,25)(H,23,26). The number of benzene rings is 2. The second kappa shape index (κ2) is 9.31. The predicted molar refractivity (Wildman–Crippen MR) is 102 cm³/mol. The molecule has 5 nitrogen and oxygen atoms in total. The third kappa shape index (κ3) is 6.13. The number of aryl methyl sites for hydroxylation is 1. The van der Waals surface area contributed by atoms with E-state index in [0.29, 0.717) is 22.9 Å². The van der Waals surface area contributed by atoms with Crippen molar-refractivity contribution in [1.82, 2.24) is 4.90 Å². The molecule has 0 fully saturated rings. The van der Waals surface area contributed by atoms with E-state index in [1.807, 2.05) is 19.9 Å². The summed E-state index contributed by atoms with van der Waals surface area (Å²) in [6, 6.07) is 10.9. The Morgan fingerprint density at radius 2 is 1.77 bits per heavy atom. The van der Waals surface area contributed by atoms with Gasteiger partial charge in [0.1, 0.15) is 5.82 Å². The van der Waals surface area contributed by atoms with Crippen molar-refractivity contribution < 1.29 is 14.0 Å². The molecule has 0 unspecified atom stereocenters. The molecule has 2 aromatic rings. The van der Waals surface area contributed by atoms with E-state index in [-0.39, 0.29) is 24.9 Å². The summed E-state index contributed by atoms with van der Waals surface area (Å²) >= 11 is 5.95. The highest BCUT2D eigenvalue weighted by Gasteiger charge is 2.14. The van der Waals surface area contributed by atoms with Crippen LogP contribution in [0.2, 0.25) is 5.02 Å². The fraction of sp³-hybridized carbons (Fsp3) is 0.263. The van der Waals surface area contributed by atoms with Gasteiger partial charge in [0, 0.05) is 16.4 Å². The van der Waals surface area contributed by atoms with E-state index in [1.165, 1.54) is 18.2 Å². The van der Waals surface area contributed by atoms with Crippen molar-refractivity contribution in [3.8, 4) is 0 Å². The Kier molecular flexibility index (Phi) is 7.12. The van der Waals surface area contributed by atoms with E-state index in [0.717, 1.165) is 5.56 Å². The zero-order chi connectivity index (χ0) is 19.1. The number of nitrogens with zero attached hydrogens (tertiary/aromatic N) is 1. The molecule has 138 valence electrons. The van der Waals surface area contributed by atoms with E-state index in [4.69, 9.17) is 11.6 Å². The van der Waals surface area contributed by atoms with Crippen molar-refractivity contribution in [3.63, 3.8) is 0 Å². The van der Waals surface area contributed by atoms with Gasteiger partial charge in [-0.1, -0.05) is 30.7 Å². The molecular formula is C19H21ClFN3O2. The van der Waals surface area contributed by atoms with Gasteiger partial charge in [0.25, 0.3) is 0 Å². The van der Waals surface area contributed by atoms with Crippen LogP contribution in [0.1, 0.15) is 12.5 Å². The first kappa shape index (κ1) is 19.9. The van der Waals surface area contributed by atoms with Gasteiger partial charge < -0.3 is 10.6 Å². The van der Waals surface area contributed by atoms with Crippen molar-refractivity contribution in [2.45, 2.75) is 13.8 Å². The molecule has 0 aliphatic rings. The summed E-state index contributed by atoms with van der Waals surface area (Å²) in [7, 11) is 0. The molecule has 0 radical (unpaired) electrons. The first-order chi connectivity index (χ1) is 12.4. The van der Waals surface area contributed by atoms with Crippen molar-refractivity contribution >= 4 is 34.8 Å². The highest BCUT2D eigenvalue weighted by Crippen LogP contribution is 2.20. The fourth-order valence-corrected chi connectivity index (χ4v) is 2.54. The van der Waals surface area contributed by atoms with Crippen LogP contribution < -0.4 is 10.6 Å². The lowest BCUT2D eigenvalue weighted by molar-refractivity contribution is -0.119. The number of amides is 2. The SMILES string of the molecule is CCN(CC(=O)Nc1cccc(F)c1)CC(=O)Nc1cc(Cl)ccc1C. The van der Waals surface area contributed by atoms with Gasteiger partial charge >= 0.3 is 0 Å². The number of rotatable bonds is 7. The molecule has 0 saturated heterocycles. The number of nitrogens with one attached hydrogen (secondary N) is 2. The van der Waals surface area contributed by atoms with Gasteiger partial charge in [-0.2, -0.15) is 0 Å². The lowest BCUT2D eigenvalue weighted by Gasteiger charge is -2.19. The molecule has 0 aliphatic carbocycles. The van der Waals surface area contributed by atoms with Crippen LogP contribution in [0.15, 0.2) is 42.5 Å². The summed E-state index contributed by atoms with van der Waals surface area (Å²) in [6.07, 6.45) is 0. The summed E-state index contributed by atoms with van der Waals surface area (Å²) in [6.45, 7) is 4.32. The first-order valence-corrected chi connectivity index (χ1v) is 8.59. The summed E-state index contributed by atoms with van der Waals surface area (Å²) in [5, 5.41) is 5.95. The van der Waals surface area contributed by atoms with E-state index < -0.39 is 5.82 Å². The Hall–Kier alpha value is -2.44. The van der Waals surface area contributed by atoms with Crippen LogP contribution in [-0.4, -0.2) is 36.3 Å². The Labute approximate surface area is 157 Å². The maximum atomic E-state index is 13.2. The predicted octanol–water partition coefficient (Wildman–Crippen LogP) is 3.69. The minimum Gasteiger partial charge on any atom is -0.325 e. The zero-order valence-corrected chi connectivity index (χ0v) is 15.4. The Morgan fingerprint density at radius 1 is 1.08 bits per heavy atom. The third-order valence-corrected chi connectivity index (χ3v) is 4.00. The monoisotopic (exact) mass is 377 g/mol. The Bertz CT molecular complexity index is 798. The van der Waals surface area contributed by atoms with Gasteiger partial charge in [0.2, 0.25) is 11.8 Å². The van der Waals surface area contributed by atoms with E-state index in [2.05, 4.69) is 10.6 Å². The molecule has 26 heavy (non-hydrogen) atoms. The third-order valence-electron chi connectivity index (χ3n) is 3.76. The minimum absolute atomic E-state index is 0.0228. The second-order valence-electron chi connectivity index (χ2n) is 5.87. The summed E-state index contributed by atoms with van der Waals surface area (Å²) < 4.78 is 13.2. The number of halogens is 2. The highest BCUT2D eigenvalue weighted by atomic mass is 35.5. The molecule has 0 aromatic heterocycles. The molecule has 2 rings (SSSR count). The first-order valence-electron chi connectivity index (χ1n) is 8.21. The second-order valence-corrected chi connectivity index (χ2v) is 6.31. The molecule has 0 spiro atoms. The quantitative estimate of drug-likeness (QED) is 0.773. The van der Waals surface area contributed by atoms with Crippen LogP contribution in [0, 0.1) is 12.7 Å². The minimum atomic E-state index is -0.425. The van der Waals surface area contributed by atoms with E-state index >= 15 is 0 Å². The maximum absolute atomic E-state index is 13.2. The van der Waals surface area contributed by atoms with Crippen molar-refractivity contribution in [2.24, 2.45) is 0 Å². The average Bonchev–Trinajstić information content (AvgIpc) is 2.57. The van der Waals surface area contributed by atoms with Crippen LogP contribution in [0.3, 0.4) is 0 Å². The number of anilines is 2. The van der Waals surface area contributed by atoms with Crippen LogP contribution >= 0.6 is 11.6 Å². The van der Waals surface area contributed by atoms with Crippen molar-refractivity contribution in [1.29, 1.82) is 0 Å². The fourth-order valence-electron chi connectivity index (χ4n) is 2.37. The van der Waals surface area contributed by atoms with Crippen molar-refractivity contribution in [2.75, 3.05) is 30.3 Å². The van der Waals surface area contributed by atoms with Gasteiger partial charge in [-0.3, -0.25) is 14.5 Å². The maximum Gasteiger partial charge on any atom is 0.238 e. The number of hydrogen-bond acceptors (Lipinski definition) is 3. The number of hydrogen-bond donors (Lipinski definition) is 2. The molecular weight excluding hydrogens is 357 g/mol. The van der Waals surface area contributed by atoms with Crippen LogP contribution in [-0.2, 0) is 9.59 Å². The zero-order valence-electron chi connectivity index (χ0n) is 14.7. The highest BCUT2D eigenvalue weighted by molar-refractivity contribution is 6.31. The largest absolute Gasteiger partial charge is 0.325 e. The average molecular weight is 378 g/mol. The number of carbonyl (C=O) groups is 2. The normalized spacial score (nSPS) is 10.7. The van der Waals surface area contributed by atoms with Crippen LogP contribution in [0.5, 0.6) is 0 Å². The molecule has 2 N–H and O–H groups in total. The van der Waals surface area contributed by atoms with E-state index in [9.17, 15) is 14.0 Å². The van der Waals surface area contributed by atoms with Gasteiger partial charge in [-0.25, -0.2) is 4.39 Å². The van der Waals surface area contributed by atoms with Gasteiger partial charge in [-0.05, 0) is 49.4 Å².